The monoisotopic (exact) mass is 334 g/mol. The van der Waals surface area contributed by atoms with E-state index in [2.05, 4.69) is 5.32 Å². The topological polar surface area (TPSA) is 83.5 Å². The van der Waals surface area contributed by atoms with Crippen LogP contribution >= 0.6 is 0 Å². The van der Waals surface area contributed by atoms with E-state index in [-0.39, 0.29) is 15.7 Å². The molecule has 0 aromatic heterocycles. The Morgan fingerprint density at radius 1 is 1.19 bits per heavy atom. The van der Waals surface area contributed by atoms with Crippen molar-refractivity contribution < 1.29 is 16.8 Å². The maximum atomic E-state index is 12.6. The highest BCUT2D eigenvalue weighted by atomic mass is 32.2. The van der Waals surface area contributed by atoms with Crippen molar-refractivity contribution in [1.82, 2.24) is 4.31 Å². The van der Waals surface area contributed by atoms with E-state index in [1.54, 1.807) is 7.05 Å². The molecule has 21 heavy (non-hydrogen) atoms. The van der Waals surface area contributed by atoms with Crippen molar-refractivity contribution in [2.24, 2.45) is 5.92 Å². The Balaban J connectivity index is 3.46. The molecule has 0 atom stereocenters. The zero-order valence-electron chi connectivity index (χ0n) is 12.9. The first kappa shape index (κ1) is 17.9. The highest BCUT2D eigenvalue weighted by Gasteiger charge is 2.26. The summed E-state index contributed by atoms with van der Waals surface area (Å²) in [7, 11) is -4.14. The molecule has 0 aliphatic rings. The molecular weight excluding hydrogens is 312 g/mol. The third-order valence-corrected chi connectivity index (χ3v) is 5.93. The minimum Gasteiger partial charge on any atom is -0.387 e. The smallest absolute Gasteiger partial charge is 0.244 e. The molecule has 1 aromatic carbocycles. The molecule has 1 N–H and O–H groups in total. The van der Waals surface area contributed by atoms with Gasteiger partial charge in [0.1, 0.15) is 4.90 Å². The summed E-state index contributed by atoms with van der Waals surface area (Å²) in [6.45, 7) is 4.18. The largest absolute Gasteiger partial charge is 0.387 e. The van der Waals surface area contributed by atoms with Gasteiger partial charge >= 0.3 is 0 Å². The van der Waals surface area contributed by atoms with Crippen molar-refractivity contribution in [3.05, 3.63) is 18.2 Å². The van der Waals surface area contributed by atoms with Gasteiger partial charge in [-0.2, -0.15) is 0 Å². The Hall–Kier alpha value is -1.12. The molecule has 8 heteroatoms. The third kappa shape index (κ3) is 4.18. The first-order valence-corrected chi connectivity index (χ1v) is 9.81. The van der Waals surface area contributed by atoms with Crippen LogP contribution in [0.25, 0.3) is 0 Å². The summed E-state index contributed by atoms with van der Waals surface area (Å²) in [5.74, 6) is 0.168. The predicted molar refractivity (Wildman–Crippen MR) is 83.8 cm³/mol. The molecule has 0 saturated carbocycles. The Bertz CT molecular complexity index is 710. The van der Waals surface area contributed by atoms with Gasteiger partial charge in [0.15, 0.2) is 9.84 Å². The normalized spacial score (nSPS) is 12.9. The molecule has 6 nitrogen and oxygen atoms in total. The van der Waals surface area contributed by atoms with E-state index in [0.717, 1.165) is 6.26 Å². The molecule has 120 valence electrons. The van der Waals surface area contributed by atoms with E-state index >= 15 is 0 Å². The number of sulfone groups is 1. The minimum absolute atomic E-state index is 0.0157. The number of sulfonamides is 1. The molecule has 0 amide bonds. The average molecular weight is 334 g/mol. The van der Waals surface area contributed by atoms with Crippen LogP contribution in [0.4, 0.5) is 5.69 Å². The van der Waals surface area contributed by atoms with Gasteiger partial charge in [0, 0.05) is 26.9 Å². The third-order valence-electron chi connectivity index (χ3n) is 2.96. The number of nitrogens with one attached hydrogen (secondary N) is 1. The number of anilines is 1. The van der Waals surface area contributed by atoms with Crippen LogP contribution < -0.4 is 5.32 Å². The first-order valence-electron chi connectivity index (χ1n) is 6.48. The van der Waals surface area contributed by atoms with Gasteiger partial charge in [-0.3, -0.25) is 0 Å². The lowest BCUT2D eigenvalue weighted by molar-refractivity contribution is 0.417. The van der Waals surface area contributed by atoms with Crippen LogP contribution in [0.2, 0.25) is 0 Å². The maximum Gasteiger partial charge on any atom is 0.244 e. The van der Waals surface area contributed by atoms with Crippen LogP contribution in [-0.4, -0.2) is 48.0 Å². The minimum atomic E-state index is -3.75. The van der Waals surface area contributed by atoms with E-state index in [4.69, 9.17) is 0 Å². The Morgan fingerprint density at radius 3 is 2.19 bits per heavy atom. The number of nitrogens with zero attached hydrogens (tertiary/aromatic N) is 1. The van der Waals surface area contributed by atoms with Gasteiger partial charge in [-0.05, 0) is 24.1 Å². The van der Waals surface area contributed by atoms with Crippen molar-refractivity contribution in [2.45, 2.75) is 23.6 Å². The lowest BCUT2D eigenvalue weighted by atomic mass is 10.2. The van der Waals surface area contributed by atoms with Crippen molar-refractivity contribution in [3.63, 3.8) is 0 Å². The van der Waals surface area contributed by atoms with Crippen LogP contribution in [0.15, 0.2) is 28.0 Å². The second kappa shape index (κ2) is 6.33. The van der Waals surface area contributed by atoms with Crippen molar-refractivity contribution in [1.29, 1.82) is 0 Å². The highest BCUT2D eigenvalue weighted by Crippen LogP contribution is 2.27. The van der Waals surface area contributed by atoms with E-state index in [9.17, 15) is 16.8 Å². The summed E-state index contributed by atoms with van der Waals surface area (Å²) in [4.78, 5) is -0.0471. The van der Waals surface area contributed by atoms with Gasteiger partial charge in [0.05, 0.1) is 10.6 Å². The quantitative estimate of drug-likeness (QED) is 0.850. The van der Waals surface area contributed by atoms with Gasteiger partial charge in [0.25, 0.3) is 0 Å². The van der Waals surface area contributed by atoms with Gasteiger partial charge in [0.2, 0.25) is 10.0 Å². The van der Waals surface area contributed by atoms with Gasteiger partial charge in [-0.1, -0.05) is 13.8 Å². The summed E-state index contributed by atoms with van der Waals surface area (Å²) in [6, 6.07) is 4.06. The number of hydrogen-bond donors (Lipinski definition) is 1. The zero-order chi connectivity index (χ0) is 16.4. The fourth-order valence-electron chi connectivity index (χ4n) is 1.93. The molecule has 0 unspecified atom stereocenters. The van der Waals surface area contributed by atoms with Crippen molar-refractivity contribution in [3.8, 4) is 0 Å². The first-order chi connectivity index (χ1) is 9.50. The molecule has 1 aromatic rings. The number of benzene rings is 1. The zero-order valence-corrected chi connectivity index (χ0v) is 14.5. The summed E-state index contributed by atoms with van der Waals surface area (Å²) in [6.07, 6.45) is 1.05. The Kier molecular flexibility index (Phi) is 5.40. The van der Waals surface area contributed by atoms with E-state index in [1.807, 2.05) is 13.8 Å². The molecule has 0 radical (unpaired) electrons. The fourth-order valence-corrected chi connectivity index (χ4v) is 4.21. The van der Waals surface area contributed by atoms with Crippen molar-refractivity contribution >= 4 is 25.5 Å². The standard InChI is InChI=1S/C13H22N2O4S2/c1-10(2)9-15(4)21(18,19)13-8-11(20(5,16)17)6-7-12(13)14-3/h6-8,10,14H,9H2,1-5H3. The molecule has 0 aliphatic carbocycles. The molecular formula is C13H22N2O4S2. The van der Waals surface area contributed by atoms with Gasteiger partial charge < -0.3 is 5.32 Å². The maximum absolute atomic E-state index is 12.6. The summed E-state index contributed by atoms with van der Waals surface area (Å²) < 4.78 is 49.7. The Labute approximate surface area is 127 Å². The lowest BCUT2D eigenvalue weighted by Crippen LogP contribution is -2.31. The molecule has 0 spiro atoms. The number of hydrogen-bond acceptors (Lipinski definition) is 5. The summed E-state index contributed by atoms with van der Waals surface area (Å²) in [5.41, 5.74) is 0.373. The molecule has 0 saturated heterocycles. The lowest BCUT2D eigenvalue weighted by Gasteiger charge is -2.21. The van der Waals surface area contributed by atoms with Crippen molar-refractivity contribution in [2.75, 3.05) is 32.2 Å². The van der Waals surface area contributed by atoms with Crippen LogP contribution in [0.5, 0.6) is 0 Å². The molecule has 0 bridgehead atoms. The summed E-state index contributed by atoms with van der Waals surface area (Å²) in [5, 5.41) is 2.79. The molecule has 1 rings (SSSR count). The van der Waals surface area contributed by atoms with Crippen LogP contribution in [0, 0.1) is 5.92 Å². The van der Waals surface area contributed by atoms with Gasteiger partial charge in [-0.15, -0.1) is 0 Å². The second-order valence-corrected chi connectivity index (χ2v) is 9.39. The van der Waals surface area contributed by atoms with Gasteiger partial charge in [-0.25, -0.2) is 21.1 Å². The molecule has 0 aliphatic heterocycles. The highest BCUT2D eigenvalue weighted by molar-refractivity contribution is 7.91. The predicted octanol–water partition coefficient (Wildman–Crippen LogP) is 1.41. The average Bonchev–Trinajstić information content (AvgIpc) is 2.35. The molecule has 0 heterocycles. The molecule has 0 fully saturated rings. The van der Waals surface area contributed by atoms with E-state index in [0.29, 0.717) is 12.2 Å². The number of rotatable bonds is 6. The van der Waals surface area contributed by atoms with Crippen LogP contribution in [-0.2, 0) is 19.9 Å². The second-order valence-electron chi connectivity index (χ2n) is 5.36. The summed E-state index contributed by atoms with van der Waals surface area (Å²) >= 11 is 0. The van der Waals surface area contributed by atoms with Crippen LogP contribution in [0.3, 0.4) is 0 Å². The fraction of sp³-hybridized carbons (Fsp3) is 0.538. The Morgan fingerprint density at radius 2 is 1.76 bits per heavy atom. The van der Waals surface area contributed by atoms with E-state index in [1.165, 1.54) is 29.6 Å². The van der Waals surface area contributed by atoms with Crippen LogP contribution in [0.1, 0.15) is 13.8 Å². The van der Waals surface area contributed by atoms with E-state index < -0.39 is 19.9 Å². The SMILES string of the molecule is CNc1ccc(S(C)(=O)=O)cc1S(=O)(=O)N(C)CC(C)C.